The van der Waals surface area contributed by atoms with E-state index in [1.165, 1.54) is 37.9 Å². The van der Waals surface area contributed by atoms with Crippen molar-refractivity contribution >= 4 is 43.9 Å². The first kappa shape index (κ1) is 29.2. The summed E-state index contributed by atoms with van der Waals surface area (Å²) in [6.07, 6.45) is 4.34. The lowest BCUT2D eigenvalue weighted by atomic mass is 9.90. The van der Waals surface area contributed by atoms with Gasteiger partial charge in [0.05, 0.1) is 39.6 Å². The van der Waals surface area contributed by atoms with Crippen molar-refractivity contribution in [2.45, 2.75) is 32.1 Å². The summed E-state index contributed by atoms with van der Waals surface area (Å²) in [5.74, 6) is 1.18. The first-order valence-electron chi connectivity index (χ1n) is 15.3. The van der Waals surface area contributed by atoms with E-state index in [2.05, 4.69) is 59.9 Å². The minimum Gasteiger partial charge on any atom is -0.487 e. The second-order valence-electron chi connectivity index (χ2n) is 10.9. The summed E-state index contributed by atoms with van der Waals surface area (Å²) in [4.78, 5) is 12.8. The maximum atomic E-state index is 12.8. The second-order valence-corrected chi connectivity index (χ2v) is 10.9. The topological polar surface area (TPSA) is 75.3 Å². The van der Waals surface area contributed by atoms with Gasteiger partial charge in [-0.25, -0.2) is 0 Å². The number of unbranched alkanes of at least 4 members (excludes halogenated alkanes) is 2. The van der Waals surface area contributed by atoms with Crippen molar-refractivity contribution in [3.63, 3.8) is 0 Å². The molecule has 0 saturated carbocycles. The third-order valence-electron chi connectivity index (χ3n) is 7.91. The van der Waals surface area contributed by atoms with Crippen LogP contribution in [0.25, 0.3) is 32.3 Å². The number of nitrogens with one attached hydrogen (secondary N) is 1. The Morgan fingerprint density at radius 2 is 1.23 bits per heavy atom. The number of amides is 1. The Hall–Kier alpha value is -3.91. The summed E-state index contributed by atoms with van der Waals surface area (Å²) >= 11 is 0. The SMILES string of the molecule is O=C(CCCCCc1ccc2ccc3cccc4ccc1c2c34)Nc1ccc2c(c1)OCCOCCOCCOCCO2. The van der Waals surface area contributed by atoms with E-state index >= 15 is 0 Å². The van der Waals surface area contributed by atoms with Crippen LogP contribution in [0.5, 0.6) is 11.5 Å². The molecule has 1 aliphatic heterocycles. The van der Waals surface area contributed by atoms with Crippen molar-refractivity contribution in [2.75, 3.05) is 58.2 Å². The molecule has 1 heterocycles. The highest BCUT2D eigenvalue weighted by molar-refractivity contribution is 6.23. The van der Waals surface area contributed by atoms with E-state index in [4.69, 9.17) is 23.7 Å². The summed E-state index contributed by atoms with van der Waals surface area (Å²) in [7, 11) is 0. The molecule has 1 N–H and O–H groups in total. The molecule has 1 amide bonds. The Labute approximate surface area is 252 Å². The number of carbonyl (C=O) groups excluding carboxylic acids is 1. The minimum atomic E-state index is -0.00234. The molecule has 0 aromatic heterocycles. The van der Waals surface area contributed by atoms with Gasteiger partial charge in [0.15, 0.2) is 11.5 Å². The van der Waals surface area contributed by atoms with Gasteiger partial charge in [0.25, 0.3) is 0 Å². The van der Waals surface area contributed by atoms with Crippen LogP contribution in [-0.4, -0.2) is 58.8 Å². The smallest absolute Gasteiger partial charge is 0.224 e. The van der Waals surface area contributed by atoms with Gasteiger partial charge in [-0.2, -0.15) is 0 Å². The molecule has 0 unspecified atom stereocenters. The van der Waals surface area contributed by atoms with Crippen LogP contribution in [0.1, 0.15) is 31.2 Å². The number of fused-ring (bicyclic) bond motifs is 1. The van der Waals surface area contributed by atoms with Gasteiger partial charge < -0.3 is 29.0 Å². The predicted octanol–water partition coefficient (Wildman–Crippen LogP) is 7.15. The molecular formula is C36H39NO6. The average Bonchev–Trinajstić information content (AvgIpc) is 3.04. The molecule has 1 aliphatic rings. The van der Waals surface area contributed by atoms with Crippen LogP contribution in [0, 0.1) is 0 Å². The fourth-order valence-electron chi connectivity index (χ4n) is 5.80. The highest BCUT2D eigenvalue weighted by Gasteiger charge is 2.12. The Bertz CT molecular complexity index is 1630. The molecule has 0 saturated heterocycles. The number of benzene rings is 5. The summed E-state index contributed by atoms with van der Waals surface area (Å²) in [6, 6.07) is 25.5. The van der Waals surface area contributed by atoms with Crippen LogP contribution in [0.2, 0.25) is 0 Å². The number of carbonyl (C=O) groups is 1. The molecular weight excluding hydrogens is 542 g/mol. The Morgan fingerprint density at radius 3 is 1.98 bits per heavy atom. The Morgan fingerprint density at radius 1 is 0.605 bits per heavy atom. The fourth-order valence-corrected chi connectivity index (χ4v) is 5.80. The van der Waals surface area contributed by atoms with Crippen molar-refractivity contribution in [1.29, 1.82) is 0 Å². The molecule has 43 heavy (non-hydrogen) atoms. The molecule has 0 atom stereocenters. The third kappa shape index (κ3) is 7.36. The van der Waals surface area contributed by atoms with Gasteiger partial charge in [0.1, 0.15) is 13.2 Å². The Balaban J connectivity index is 1.00. The molecule has 0 aliphatic carbocycles. The number of hydrogen-bond donors (Lipinski definition) is 1. The van der Waals surface area contributed by atoms with Crippen LogP contribution >= 0.6 is 0 Å². The zero-order valence-electron chi connectivity index (χ0n) is 24.6. The molecule has 0 fully saturated rings. The maximum Gasteiger partial charge on any atom is 0.224 e. The molecule has 0 bridgehead atoms. The lowest BCUT2D eigenvalue weighted by Gasteiger charge is -2.15. The van der Waals surface area contributed by atoms with Crippen molar-refractivity contribution < 1.29 is 28.5 Å². The molecule has 0 spiro atoms. The van der Waals surface area contributed by atoms with Crippen molar-refractivity contribution in [3.05, 3.63) is 78.4 Å². The molecule has 5 aromatic rings. The lowest BCUT2D eigenvalue weighted by Crippen LogP contribution is -2.13. The van der Waals surface area contributed by atoms with E-state index in [9.17, 15) is 4.79 Å². The molecule has 224 valence electrons. The lowest BCUT2D eigenvalue weighted by molar-refractivity contribution is -0.116. The van der Waals surface area contributed by atoms with Crippen molar-refractivity contribution in [1.82, 2.24) is 0 Å². The zero-order valence-corrected chi connectivity index (χ0v) is 24.6. The van der Waals surface area contributed by atoms with Gasteiger partial charge in [0, 0.05) is 18.2 Å². The molecule has 5 aromatic carbocycles. The van der Waals surface area contributed by atoms with Gasteiger partial charge in [-0.1, -0.05) is 61.0 Å². The fraction of sp³-hybridized carbons (Fsp3) is 0.361. The van der Waals surface area contributed by atoms with Gasteiger partial charge in [-0.3, -0.25) is 4.79 Å². The number of ether oxygens (including phenoxy) is 5. The number of hydrogen-bond acceptors (Lipinski definition) is 6. The van der Waals surface area contributed by atoms with E-state index < -0.39 is 0 Å². The largest absolute Gasteiger partial charge is 0.487 e. The van der Waals surface area contributed by atoms with E-state index in [-0.39, 0.29) is 5.91 Å². The Kier molecular flexibility index (Phi) is 9.85. The highest BCUT2D eigenvalue weighted by atomic mass is 16.6. The first-order valence-corrected chi connectivity index (χ1v) is 15.3. The number of anilines is 1. The monoisotopic (exact) mass is 581 g/mol. The maximum absolute atomic E-state index is 12.8. The summed E-state index contributed by atoms with van der Waals surface area (Å²) in [5.41, 5.74) is 2.06. The minimum absolute atomic E-state index is 0.00234. The van der Waals surface area contributed by atoms with Crippen molar-refractivity contribution in [2.24, 2.45) is 0 Å². The van der Waals surface area contributed by atoms with Crippen LogP contribution in [0.15, 0.2) is 72.8 Å². The van der Waals surface area contributed by atoms with Gasteiger partial charge >= 0.3 is 0 Å². The quantitative estimate of drug-likeness (QED) is 0.163. The first-order chi connectivity index (χ1) is 21.3. The molecule has 7 heteroatoms. The zero-order chi connectivity index (χ0) is 29.3. The number of aryl methyl sites for hydroxylation is 1. The third-order valence-corrected chi connectivity index (χ3v) is 7.91. The van der Waals surface area contributed by atoms with Crippen molar-refractivity contribution in [3.8, 4) is 11.5 Å². The molecule has 0 radical (unpaired) electrons. The van der Waals surface area contributed by atoms with E-state index in [1.54, 1.807) is 0 Å². The van der Waals surface area contributed by atoms with Gasteiger partial charge in [0.2, 0.25) is 5.91 Å². The average molecular weight is 582 g/mol. The highest BCUT2D eigenvalue weighted by Crippen LogP contribution is 2.36. The summed E-state index contributed by atoms with van der Waals surface area (Å²) in [6.45, 7) is 3.72. The molecule has 6 rings (SSSR count). The van der Waals surface area contributed by atoms with Crippen LogP contribution in [-0.2, 0) is 25.4 Å². The standard InChI is InChI=1S/C36H39NO6/c38-34(37-30-14-16-32-33(25-30)43-24-22-41-20-18-39-17-19-40-21-23-42-32)8-3-1-2-5-26-9-10-29-12-11-27-6-4-7-28-13-15-31(26)36(29)35(27)28/h4,6-7,9-16,25H,1-3,5,8,17-24H2,(H,37,38). The van der Waals surface area contributed by atoms with E-state index in [0.717, 1.165) is 25.7 Å². The van der Waals surface area contributed by atoms with E-state index in [1.807, 2.05) is 18.2 Å². The van der Waals surface area contributed by atoms with Gasteiger partial charge in [-0.15, -0.1) is 0 Å². The van der Waals surface area contributed by atoms with Crippen LogP contribution in [0.4, 0.5) is 5.69 Å². The van der Waals surface area contributed by atoms with Gasteiger partial charge in [-0.05, 0) is 69.3 Å². The van der Waals surface area contributed by atoms with E-state index in [0.29, 0.717) is 76.5 Å². The molecule has 7 nitrogen and oxygen atoms in total. The normalized spacial score (nSPS) is 15.3. The van der Waals surface area contributed by atoms with Crippen LogP contribution < -0.4 is 14.8 Å². The summed E-state index contributed by atoms with van der Waals surface area (Å²) < 4.78 is 28.3. The van der Waals surface area contributed by atoms with Crippen LogP contribution in [0.3, 0.4) is 0 Å². The summed E-state index contributed by atoms with van der Waals surface area (Å²) in [5, 5.41) is 11.0. The predicted molar refractivity (Wildman–Crippen MR) is 171 cm³/mol. The second kappa shape index (κ2) is 14.5. The number of rotatable bonds is 7.